The van der Waals surface area contributed by atoms with E-state index in [1.165, 1.54) is 24.6 Å². The van der Waals surface area contributed by atoms with Crippen molar-refractivity contribution in [2.75, 3.05) is 13.2 Å². The van der Waals surface area contributed by atoms with Gasteiger partial charge in [-0.15, -0.1) is 0 Å². The third-order valence-electron chi connectivity index (χ3n) is 6.72. The third kappa shape index (κ3) is 4.93. The summed E-state index contributed by atoms with van der Waals surface area (Å²) in [6.45, 7) is 0.931. The van der Waals surface area contributed by atoms with Gasteiger partial charge in [0.05, 0.1) is 46.6 Å². The number of oxazole rings is 1. The Morgan fingerprint density at radius 2 is 1.87 bits per heavy atom. The molecule has 4 heterocycles. The molecule has 1 amide bonds. The third-order valence-corrected chi connectivity index (χ3v) is 8.91. The average Bonchev–Trinajstić information content (AvgIpc) is 3.55. The van der Waals surface area contributed by atoms with E-state index in [0.717, 1.165) is 11.1 Å². The van der Waals surface area contributed by atoms with E-state index in [2.05, 4.69) is 15.3 Å². The molecule has 1 aliphatic heterocycles. The number of amides is 1. The number of halogens is 1. The Kier molecular flexibility index (Phi) is 6.45. The largest absolute Gasteiger partial charge is 0.443 e. The van der Waals surface area contributed by atoms with Gasteiger partial charge in [0.25, 0.3) is 0 Å². The zero-order chi connectivity index (χ0) is 27.0. The molecule has 2 N–H and O–H groups in total. The summed E-state index contributed by atoms with van der Waals surface area (Å²) in [6.07, 6.45) is 4.67. The molecule has 3 aromatic heterocycles. The van der Waals surface area contributed by atoms with Crippen molar-refractivity contribution in [1.29, 1.82) is 4.78 Å². The molecule has 11 heteroatoms. The number of aromatic nitrogens is 3. The maximum atomic E-state index is 13.8. The zero-order valence-corrected chi connectivity index (χ0v) is 21.5. The number of carbonyl (C=O) groups is 1. The number of rotatable bonds is 8. The molecule has 0 spiro atoms. The van der Waals surface area contributed by atoms with Crippen LogP contribution in [0, 0.1) is 10.6 Å². The minimum absolute atomic E-state index is 0.0105. The molecule has 2 aromatic carbocycles. The van der Waals surface area contributed by atoms with Crippen LogP contribution in [0.4, 0.5) is 4.39 Å². The molecule has 5 aromatic rings. The average molecular weight is 546 g/mol. The first-order valence-corrected chi connectivity index (χ1v) is 13.9. The Morgan fingerprint density at radius 3 is 2.54 bits per heavy atom. The molecule has 1 aliphatic rings. The summed E-state index contributed by atoms with van der Waals surface area (Å²) < 4.78 is 47.0. The van der Waals surface area contributed by atoms with E-state index in [1.807, 2.05) is 24.3 Å². The number of hydrogen-bond donors (Lipinski definition) is 2. The molecule has 0 saturated carbocycles. The Balaban J connectivity index is 1.12. The highest BCUT2D eigenvalue weighted by molar-refractivity contribution is 7.93. The fraction of sp³-hybridized carbons (Fsp3) is 0.179. The highest BCUT2D eigenvalue weighted by Crippen LogP contribution is 2.28. The molecule has 1 unspecified atom stereocenters. The lowest BCUT2D eigenvalue weighted by Crippen LogP contribution is -2.40. The van der Waals surface area contributed by atoms with Gasteiger partial charge in [-0.25, -0.2) is 18.4 Å². The molecule has 6 rings (SSSR count). The molecule has 9 nitrogen and oxygen atoms in total. The predicted molar refractivity (Wildman–Crippen MR) is 143 cm³/mol. The Labute approximate surface area is 223 Å². The number of nitrogens with zero attached hydrogens (tertiary/aromatic N) is 3. The summed E-state index contributed by atoms with van der Waals surface area (Å²) in [5, 5.41) is 3.27. The SMILES string of the molecule is N=S(=O)(c1ccc(-c2ccc(CNC(=O)Cn3c(-c4ncco4)cc4cc(F)ccc43)nc2)cc1)C1COC1. The predicted octanol–water partition coefficient (Wildman–Crippen LogP) is 4.62. The molecule has 1 fully saturated rings. The number of pyridine rings is 1. The normalized spacial score (nSPS) is 15.1. The summed E-state index contributed by atoms with van der Waals surface area (Å²) in [5.41, 5.74) is 3.69. The van der Waals surface area contributed by atoms with Crippen LogP contribution in [0.1, 0.15) is 5.69 Å². The highest BCUT2D eigenvalue weighted by Gasteiger charge is 2.30. The van der Waals surface area contributed by atoms with Crippen LogP contribution in [0.15, 0.2) is 88.6 Å². The summed E-state index contributed by atoms with van der Waals surface area (Å²) in [7, 11) is -2.88. The highest BCUT2D eigenvalue weighted by atomic mass is 32.2. The van der Waals surface area contributed by atoms with E-state index < -0.39 is 9.73 Å². The maximum Gasteiger partial charge on any atom is 0.243 e. The van der Waals surface area contributed by atoms with Crippen LogP contribution >= 0.6 is 0 Å². The molecule has 1 saturated heterocycles. The van der Waals surface area contributed by atoms with Crippen molar-refractivity contribution in [1.82, 2.24) is 19.9 Å². The van der Waals surface area contributed by atoms with Gasteiger partial charge in [-0.1, -0.05) is 18.2 Å². The lowest BCUT2D eigenvalue weighted by molar-refractivity contribution is -0.121. The van der Waals surface area contributed by atoms with E-state index in [1.54, 1.807) is 35.0 Å². The molecular weight excluding hydrogens is 521 g/mol. The summed E-state index contributed by atoms with van der Waals surface area (Å²) >= 11 is 0. The number of carbonyl (C=O) groups excluding carboxylic acids is 1. The first-order valence-electron chi connectivity index (χ1n) is 12.2. The minimum Gasteiger partial charge on any atom is -0.443 e. The fourth-order valence-electron chi connectivity index (χ4n) is 4.48. The maximum absolute atomic E-state index is 13.8. The van der Waals surface area contributed by atoms with Gasteiger partial charge >= 0.3 is 0 Å². The second-order valence-electron chi connectivity index (χ2n) is 9.26. The van der Waals surface area contributed by atoms with Crippen molar-refractivity contribution >= 4 is 26.5 Å². The van der Waals surface area contributed by atoms with Gasteiger partial charge in [-0.05, 0) is 48.0 Å². The lowest BCUT2D eigenvalue weighted by Gasteiger charge is -2.28. The van der Waals surface area contributed by atoms with Crippen LogP contribution < -0.4 is 5.32 Å². The van der Waals surface area contributed by atoms with E-state index >= 15 is 0 Å². The van der Waals surface area contributed by atoms with Crippen molar-refractivity contribution < 1.29 is 22.5 Å². The fourth-order valence-corrected chi connectivity index (χ4v) is 5.98. The van der Waals surface area contributed by atoms with Gasteiger partial charge in [-0.2, -0.15) is 0 Å². The minimum atomic E-state index is -2.88. The molecule has 1 atom stereocenters. The first-order chi connectivity index (χ1) is 18.9. The molecule has 198 valence electrons. The van der Waals surface area contributed by atoms with Gasteiger partial charge in [0.15, 0.2) is 0 Å². The van der Waals surface area contributed by atoms with Crippen LogP contribution in [-0.2, 0) is 32.3 Å². The Bertz CT molecular complexity index is 1740. The van der Waals surface area contributed by atoms with Crippen molar-refractivity contribution in [2.24, 2.45) is 0 Å². The molecule has 39 heavy (non-hydrogen) atoms. The van der Waals surface area contributed by atoms with Crippen molar-refractivity contribution in [2.45, 2.75) is 23.2 Å². The summed E-state index contributed by atoms with van der Waals surface area (Å²) in [5.74, 6) is -0.276. The van der Waals surface area contributed by atoms with E-state index in [0.29, 0.717) is 46.3 Å². The van der Waals surface area contributed by atoms with Gasteiger partial charge in [0, 0.05) is 27.6 Å². The molecule has 0 aliphatic carbocycles. The van der Waals surface area contributed by atoms with Crippen LogP contribution in [0.2, 0.25) is 0 Å². The van der Waals surface area contributed by atoms with Gasteiger partial charge in [-0.3, -0.25) is 9.78 Å². The summed E-state index contributed by atoms with van der Waals surface area (Å²) in [4.78, 5) is 22.0. The lowest BCUT2D eigenvalue weighted by atomic mass is 10.1. The second kappa shape index (κ2) is 10.1. The zero-order valence-electron chi connectivity index (χ0n) is 20.7. The topological polar surface area (TPSA) is 123 Å². The van der Waals surface area contributed by atoms with Crippen LogP contribution in [-0.4, -0.2) is 43.1 Å². The summed E-state index contributed by atoms with van der Waals surface area (Å²) in [6, 6.07) is 17.0. The van der Waals surface area contributed by atoms with Crippen molar-refractivity contribution in [3.05, 3.63) is 90.8 Å². The van der Waals surface area contributed by atoms with Crippen LogP contribution in [0.25, 0.3) is 33.6 Å². The number of hydrogen-bond acceptors (Lipinski definition) is 7. The number of benzene rings is 2. The van der Waals surface area contributed by atoms with E-state index in [9.17, 15) is 13.4 Å². The molecule has 0 bridgehead atoms. The van der Waals surface area contributed by atoms with Crippen LogP contribution in [0.3, 0.4) is 0 Å². The van der Waals surface area contributed by atoms with Crippen LogP contribution in [0.5, 0.6) is 0 Å². The standard InChI is InChI=1S/C28H24FN5O4S/c29-21-4-8-25-20(11-21)12-26(28-31-9-10-38-28)34(25)15-27(35)33-14-22-5-1-19(13-32-22)18-2-6-23(7-3-18)39(30,36)24-16-37-17-24/h1-13,24,30H,14-17H2,(H,33,35). The number of nitrogens with one attached hydrogen (secondary N) is 2. The monoisotopic (exact) mass is 545 g/mol. The smallest absolute Gasteiger partial charge is 0.243 e. The Hall–Kier alpha value is -4.35. The van der Waals surface area contributed by atoms with Gasteiger partial charge < -0.3 is 19.0 Å². The van der Waals surface area contributed by atoms with E-state index in [4.69, 9.17) is 13.9 Å². The molecular formula is C28H24FN5O4S. The first kappa shape index (κ1) is 25.0. The quantitative estimate of drug-likeness (QED) is 0.293. The van der Waals surface area contributed by atoms with E-state index in [-0.39, 0.29) is 30.1 Å². The second-order valence-corrected chi connectivity index (χ2v) is 11.6. The number of ether oxygens (including phenoxy) is 1. The molecule has 0 radical (unpaired) electrons. The number of fused-ring (bicyclic) bond motifs is 1. The van der Waals surface area contributed by atoms with Gasteiger partial charge in [0.2, 0.25) is 11.8 Å². The van der Waals surface area contributed by atoms with Crippen molar-refractivity contribution in [3.8, 4) is 22.7 Å². The van der Waals surface area contributed by atoms with Crippen molar-refractivity contribution in [3.63, 3.8) is 0 Å². The van der Waals surface area contributed by atoms with Gasteiger partial charge in [0.1, 0.15) is 24.3 Å². The Morgan fingerprint density at radius 1 is 1.08 bits per heavy atom.